The number of aromatic nitrogens is 2. The predicted molar refractivity (Wildman–Crippen MR) is 72.9 cm³/mol. The Hall–Kier alpha value is -1.61. The molecule has 1 aliphatic carbocycles. The third kappa shape index (κ3) is 2.31. The summed E-state index contributed by atoms with van der Waals surface area (Å²) >= 11 is 0. The number of nitrogens with one attached hydrogen (secondary N) is 1. The van der Waals surface area contributed by atoms with Crippen molar-refractivity contribution in [1.82, 2.24) is 14.9 Å². The van der Waals surface area contributed by atoms with Crippen LogP contribution in [-0.2, 0) is 6.54 Å². The lowest BCUT2D eigenvalue weighted by molar-refractivity contribution is 0.685. The van der Waals surface area contributed by atoms with Crippen LogP contribution in [0.2, 0.25) is 0 Å². The van der Waals surface area contributed by atoms with Crippen LogP contribution in [-0.4, -0.2) is 15.6 Å². The van der Waals surface area contributed by atoms with Crippen molar-refractivity contribution in [2.45, 2.75) is 39.3 Å². The van der Waals surface area contributed by atoms with E-state index >= 15 is 0 Å². The Morgan fingerprint density at radius 3 is 2.78 bits per heavy atom. The quantitative estimate of drug-likeness (QED) is 0.892. The smallest absolute Gasteiger partial charge is 0.110 e. The molecule has 1 aromatic heterocycles. The van der Waals surface area contributed by atoms with Gasteiger partial charge in [0.2, 0.25) is 0 Å². The van der Waals surface area contributed by atoms with Crippen LogP contribution in [0.3, 0.4) is 0 Å². The number of rotatable bonds is 4. The van der Waals surface area contributed by atoms with E-state index in [9.17, 15) is 0 Å². The highest BCUT2D eigenvalue weighted by Crippen LogP contribution is 2.21. The Morgan fingerprint density at radius 2 is 2.17 bits per heavy atom. The summed E-state index contributed by atoms with van der Waals surface area (Å²) in [4.78, 5) is 4.26. The number of benzene rings is 1. The van der Waals surface area contributed by atoms with Crippen molar-refractivity contribution in [3.05, 3.63) is 47.5 Å². The fourth-order valence-electron chi connectivity index (χ4n) is 2.22. The van der Waals surface area contributed by atoms with Crippen LogP contribution in [0.15, 0.2) is 30.6 Å². The molecule has 0 bridgehead atoms. The van der Waals surface area contributed by atoms with E-state index in [0.717, 1.165) is 18.4 Å². The van der Waals surface area contributed by atoms with Crippen LogP contribution in [0.25, 0.3) is 5.69 Å². The Balaban J connectivity index is 1.81. The summed E-state index contributed by atoms with van der Waals surface area (Å²) in [6.07, 6.45) is 6.52. The van der Waals surface area contributed by atoms with Crippen LogP contribution >= 0.6 is 0 Å². The topological polar surface area (TPSA) is 29.9 Å². The maximum absolute atomic E-state index is 4.26. The van der Waals surface area contributed by atoms with Crippen LogP contribution in [0.4, 0.5) is 0 Å². The first-order valence-corrected chi connectivity index (χ1v) is 6.57. The molecular weight excluding hydrogens is 222 g/mol. The van der Waals surface area contributed by atoms with E-state index in [0.29, 0.717) is 0 Å². The third-order valence-corrected chi connectivity index (χ3v) is 3.59. The van der Waals surface area contributed by atoms with Gasteiger partial charge in [-0.3, -0.25) is 0 Å². The van der Waals surface area contributed by atoms with Gasteiger partial charge in [-0.15, -0.1) is 0 Å². The maximum Gasteiger partial charge on any atom is 0.110 e. The SMILES string of the molecule is Cc1cc(-n2ccnc2C)ccc1CNC1CC1. The second-order valence-electron chi connectivity index (χ2n) is 5.11. The molecule has 1 N–H and O–H groups in total. The van der Waals surface area contributed by atoms with Gasteiger partial charge in [-0.25, -0.2) is 4.98 Å². The molecule has 18 heavy (non-hydrogen) atoms. The van der Waals surface area contributed by atoms with Crippen molar-refractivity contribution >= 4 is 0 Å². The molecule has 0 spiro atoms. The maximum atomic E-state index is 4.26. The first-order chi connectivity index (χ1) is 8.74. The molecule has 1 heterocycles. The molecule has 0 atom stereocenters. The Bertz CT molecular complexity index is 553. The molecule has 3 heteroatoms. The van der Waals surface area contributed by atoms with Gasteiger partial charge in [0.05, 0.1) is 0 Å². The highest BCUT2D eigenvalue weighted by molar-refractivity contribution is 5.41. The van der Waals surface area contributed by atoms with Crippen LogP contribution in [0.5, 0.6) is 0 Å². The van der Waals surface area contributed by atoms with E-state index in [4.69, 9.17) is 0 Å². The molecule has 0 unspecified atom stereocenters. The minimum Gasteiger partial charge on any atom is -0.310 e. The second kappa shape index (κ2) is 4.58. The molecule has 1 aromatic carbocycles. The Morgan fingerprint density at radius 1 is 1.33 bits per heavy atom. The van der Waals surface area contributed by atoms with E-state index in [1.165, 1.54) is 29.7 Å². The number of nitrogens with zero attached hydrogens (tertiary/aromatic N) is 2. The molecule has 94 valence electrons. The van der Waals surface area contributed by atoms with Crippen LogP contribution in [0, 0.1) is 13.8 Å². The van der Waals surface area contributed by atoms with Crippen molar-refractivity contribution in [3.8, 4) is 5.69 Å². The third-order valence-electron chi connectivity index (χ3n) is 3.59. The van der Waals surface area contributed by atoms with Crippen LogP contribution < -0.4 is 5.32 Å². The van der Waals surface area contributed by atoms with Gasteiger partial charge in [-0.1, -0.05) is 6.07 Å². The van der Waals surface area contributed by atoms with E-state index in [2.05, 4.69) is 40.0 Å². The van der Waals surface area contributed by atoms with Crippen molar-refractivity contribution in [2.75, 3.05) is 0 Å². The van der Waals surface area contributed by atoms with Gasteiger partial charge in [0.15, 0.2) is 0 Å². The van der Waals surface area contributed by atoms with Gasteiger partial charge in [-0.05, 0) is 49.9 Å². The zero-order valence-electron chi connectivity index (χ0n) is 11.0. The largest absolute Gasteiger partial charge is 0.310 e. The average molecular weight is 241 g/mol. The number of hydrogen-bond acceptors (Lipinski definition) is 2. The Labute approximate surface area is 108 Å². The van der Waals surface area contributed by atoms with Gasteiger partial charge in [0, 0.05) is 30.7 Å². The van der Waals surface area contributed by atoms with Crippen LogP contribution in [0.1, 0.15) is 29.8 Å². The summed E-state index contributed by atoms with van der Waals surface area (Å²) in [6.45, 7) is 5.19. The molecule has 0 radical (unpaired) electrons. The fourth-order valence-corrected chi connectivity index (χ4v) is 2.22. The summed E-state index contributed by atoms with van der Waals surface area (Å²) in [5.41, 5.74) is 3.93. The molecule has 3 nitrogen and oxygen atoms in total. The Kier molecular flexibility index (Phi) is 2.92. The number of aryl methyl sites for hydroxylation is 2. The normalized spacial score (nSPS) is 15.0. The van der Waals surface area contributed by atoms with Crippen molar-refractivity contribution in [1.29, 1.82) is 0 Å². The lowest BCUT2D eigenvalue weighted by Gasteiger charge is -2.11. The fraction of sp³-hybridized carbons (Fsp3) is 0.400. The van der Waals surface area contributed by atoms with Crippen molar-refractivity contribution in [3.63, 3.8) is 0 Å². The molecule has 2 aromatic rings. The first-order valence-electron chi connectivity index (χ1n) is 6.57. The van der Waals surface area contributed by atoms with E-state index in [-0.39, 0.29) is 0 Å². The molecule has 3 rings (SSSR count). The summed E-state index contributed by atoms with van der Waals surface area (Å²) in [5, 5.41) is 3.56. The molecule has 0 amide bonds. The molecule has 0 aliphatic heterocycles. The van der Waals surface area contributed by atoms with Gasteiger partial charge < -0.3 is 9.88 Å². The number of hydrogen-bond donors (Lipinski definition) is 1. The second-order valence-corrected chi connectivity index (χ2v) is 5.11. The van der Waals surface area contributed by atoms with Gasteiger partial charge in [0.1, 0.15) is 5.82 Å². The molecule has 1 saturated carbocycles. The first kappa shape index (κ1) is 11.5. The highest BCUT2D eigenvalue weighted by atomic mass is 15.1. The lowest BCUT2D eigenvalue weighted by Crippen LogP contribution is -2.16. The van der Waals surface area contributed by atoms with Crippen molar-refractivity contribution < 1.29 is 0 Å². The summed E-state index contributed by atoms with van der Waals surface area (Å²) in [7, 11) is 0. The highest BCUT2D eigenvalue weighted by Gasteiger charge is 2.20. The summed E-state index contributed by atoms with van der Waals surface area (Å²) < 4.78 is 2.12. The van der Waals surface area contributed by atoms with E-state index in [1.54, 1.807) is 0 Å². The average Bonchev–Trinajstić information content (AvgIpc) is 3.09. The van der Waals surface area contributed by atoms with E-state index in [1.807, 2.05) is 19.3 Å². The lowest BCUT2D eigenvalue weighted by atomic mass is 10.1. The zero-order valence-corrected chi connectivity index (χ0v) is 11.0. The van der Waals surface area contributed by atoms with E-state index < -0.39 is 0 Å². The monoisotopic (exact) mass is 241 g/mol. The molecular formula is C15H19N3. The summed E-state index contributed by atoms with van der Waals surface area (Å²) in [5.74, 6) is 1.03. The summed E-state index contributed by atoms with van der Waals surface area (Å²) in [6, 6.07) is 7.39. The molecule has 1 aliphatic rings. The zero-order chi connectivity index (χ0) is 12.5. The van der Waals surface area contributed by atoms with Crippen molar-refractivity contribution in [2.24, 2.45) is 0 Å². The standard InChI is InChI=1S/C15H19N3/c1-11-9-15(18-8-7-16-12(18)2)6-3-13(11)10-17-14-4-5-14/h3,6-9,14,17H,4-5,10H2,1-2H3. The van der Waals surface area contributed by atoms with Gasteiger partial charge in [-0.2, -0.15) is 0 Å². The molecule has 0 saturated heterocycles. The molecule has 1 fully saturated rings. The predicted octanol–water partition coefficient (Wildman–Crippen LogP) is 2.74. The minimum atomic E-state index is 0.764. The van der Waals surface area contributed by atoms with Gasteiger partial charge in [0.25, 0.3) is 0 Å². The van der Waals surface area contributed by atoms with Gasteiger partial charge >= 0.3 is 0 Å². The number of imidazole rings is 1. The minimum absolute atomic E-state index is 0.764.